The van der Waals surface area contributed by atoms with E-state index < -0.39 is 0 Å². The van der Waals surface area contributed by atoms with Crippen molar-refractivity contribution < 1.29 is 9.32 Å². The summed E-state index contributed by atoms with van der Waals surface area (Å²) in [5.41, 5.74) is 2.74. The van der Waals surface area contributed by atoms with Crippen LogP contribution in [0.3, 0.4) is 0 Å². The number of rotatable bonds is 3. The van der Waals surface area contributed by atoms with Crippen LogP contribution in [-0.4, -0.2) is 34.0 Å². The Morgan fingerprint density at radius 1 is 1.36 bits per heavy atom. The number of fused-ring (bicyclic) bond motifs is 1. The minimum atomic E-state index is 0.0558. The average molecular weight is 301 g/mol. The minimum Gasteiger partial charge on any atom is -0.339 e. The van der Waals surface area contributed by atoms with E-state index in [-0.39, 0.29) is 5.91 Å². The van der Waals surface area contributed by atoms with E-state index in [9.17, 15) is 4.79 Å². The van der Waals surface area contributed by atoms with Gasteiger partial charge in [0.15, 0.2) is 0 Å². The fourth-order valence-electron chi connectivity index (χ4n) is 3.32. The van der Waals surface area contributed by atoms with Crippen molar-refractivity contribution in [3.05, 3.63) is 23.0 Å². The number of aromatic nitrogens is 2. The molecule has 2 aromatic rings. The van der Waals surface area contributed by atoms with E-state index in [1.165, 1.54) is 19.3 Å². The van der Waals surface area contributed by atoms with Crippen molar-refractivity contribution in [1.82, 2.24) is 15.0 Å². The highest BCUT2D eigenvalue weighted by molar-refractivity contribution is 6.06. The highest BCUT2D eigenvalue weighted by Crippen LogP contribution is 2.27. The molecule has 0 unspecified atom stereocenters. The van der Waals surface area contributed by atoms with Crippen molar-refractivity contribution in [2.45, 2.75) is 58.4 Å². The van der Waals surface area contributed by atoms with Crippen LogP contribution in [0.25, 0.3) is 11.1 Å². The van der Waals surface area contributed by atoms with Crippen LogP contribution >= 0.6 is 0 Å². The van der Waals surface area contributed by atoms with Crippen LogP contribution in [0.4, 0.5) is 0 Å². The number of nitrogens with zero attached hydrogens (tertiary/aromatic N) is 3. The smallest absolute Gasteiger partial charge is 0.258 e. The maximum atomic E-state index is 13.0. The van der Waals surface area contributed by atoms with Gasteiger partial charge in [-0.25, -0.2) is 4.98 Å². The van der Waals surface area contributed by atoms with Gasteiger partial charge in [0.25, 0.3) is 11.6 Å². The monoisotopic (exact) mass is 301 g/mol. The largest absolute Gasteiger partial charge is 0.339 e. The maximum absolute atomic E-state index is 13.0. The van der Waals surface area contributed by atoms with E-state index in [0.29, 0.717) is 17.3 Å². The summed E-state index contributed by atoms with van der Waals surface area (Å²) in [5.74, 6) is 0.0558. The van der Waals surface area contributed by atoms with Crippen molar-refractivity contribution in [3.8, 4) is 0 Å². The zero-order chi connectivity index (χ0) is 15.7. The van der Waals surface area contributed by atoms with Crippen molar-refractivity contribution in [2.24, 2.45) is 0 Å². The first-order valence-electron chi connectivity index (χ1n) is 8.15. The zero-order valence-electron chi connectivity index (χ0n) is 13.6. The molecule has 5 nitrogen and oxygen atoms in total. The Morgan fingerprint density at radius 3 is 2.77 bits per heavy atom. The predicted molar refractivity (Wildman–Crippen MR) is 84.9 cm³/mol. The van der Waals surface area contributed by atoms with Crippen molar-refractivity contribution in [3.63, 3.8) is 0 Å². The van der Waals surface area contributed by atoms with Crippen LogP contribution in [0.15, 0.2) is 10.6 Å². The van der Waals surface area contributed by atoms with Crippen LogP contribution in [0.5, 0.6) is 0 Å². The second-order valence-corrected chi connectivity index (χ2v) is 6.17. The van der Waals surface area contributed by atoms with E-state index in [1.54, 1.807) is 0 Å². The Kier molecular flexibility index (Phi) is 4.14. The number of carbonyl (C=O) groups is 1. The van der Waals surface area contributed by atoms with Crippen molar-refractivity contribution in [1.29, 1.82) is 0 Å². The predicted octanol–water partition coefficient (Wildman–Crippen LogP) is 3.50. The summed E-state index contributed by atoms with van der Waals surface area (Å²) >= 11 is 0. The van der Waals surface area contributed by atoms with Gasteiger partial charge in [0.2, 0.25) is 0 Å². The van der Waals surface area contributed by atoms with E-state index in [4.69, 9.17) is 4.52 Å². The Bertz CT molecular complexity index is 687. The van der Waals surface area contributed by atoms with Gasteiger partial charge in [0.1, 0.15) is 0 Å². The van der Waals surface area contributed by atoms with Crippen LogP contribution < -0.4 is 0 Å². The number of pyridine rings is 1. The van der Waals surface area contributed by atoms with Gasteiger partial charge in [0.05, 0.1) is 16.6 Å². The van der Waals surface area contributed by atoms with Crippen LogP contribution in [0.1, 0.15) is 60.8 Å². The Labute approximate surface area is 130 Å². The van der Waals surface area contributed by atoms with E-state index in [2.05, 4.69) is 10.1 Å². The second-order valence-electron chi connectivity index (χ2n) is 6.17. The van der Waals surface area contributed by atoms with Gasteiger partial charge in [-0.15, -0.1) is 0 Å². The molecule has 2 aromatic heterocycles. The fraction of sp³-hybridized carbons (Fsp3) is 0.588. The summed E-state index contributed by atoms with van der Waals surface area (Å²) in [6.07, 6.45) is 6.66. The Hall–Kier alpha value is -1.91. The highest BCUT2D eigenvalue weighted by atomic mass is 16.5. The van der Waals surface area contributed by atoms with Crippen LogP contribution in [0.2, 0.25) is 0 Å². The molecular weight excluding hydrogens is 278 g/mol. The SMILES string of the molecule is CCc1cc(C(=O)N(C)C2CCCCC2)c2c(C)noc2n1. The number of carbonyl (C=O) groups excluding carboxylic acids is 1. The third kappa shape index (κ3) is 2.60. The quantitative estimate of drug-likeness (QED) is 0.870. The molecule has 1 saturated carbocycles. The topological polar surface area (TPSA) is 59.2 Å². The summed E-state index contributed by atoms with van der Waals surface area (Å²) in [4.78, 5) is 19.3. The molecule has 0 N–H and O–H groups in total. The zero-order valence-corrected chi connectivity index (χ0v) is 13.6. The van der Waals surface area contributed by atoms with Gasteiger partial charge in [-0.1, -0.05) is 31.3 Å². The minimum absolute atomic E-state index is 0.0558. The Morgan fingerprint density at radius 2 is 2.09 bits per heavy atom. The number of aryl methyl sites for hydroxylation is 2. The molecule has 1 amide bonds. The molecule has 0 radical (unpaired) electrons. The van der Waals surface area contributed by atoms with E-state index in [0.717, 1.165) is 36.0 Å². The van der Waals surface area contributed by atoms with Crippen molar-refractivity contribution in [2.75, 3.05) is 7.05 Å². The van der Waals surface area contributed by atoms with Gasteiger partial charge in [-0.05, 0) is 32.3 Å². The molecule has 2 heterocycles. The van der Waals surface area contributed by atoms with Gasteiger partial charge in [-0.3, -0.25) is 4.79 Å². The molecule has 22 heavy (non-hydrogen) atoms. The first-order valence-corrected chi connectivity index (χ1v) is 8.15. The van der Waals surface area contributed by atoms with Gasteiger partial charge in [0, 0.05) is 18.8 Å². The molecule has 1 fully saturated rings. The number of hydrogen-bond acceptors (Lipinski definition) is 4. The summed E-state index contributed by atoms with van der Waals surface area (Å²) in [7, 11) is 1.92. The standard InChI is InChI=1S/C17H23N3O2/c1-4-12-10-14(15-11(2)19-22-16(15)18-12)17(21)20(3)13-8-6-5-7-9-13/h10,13H,4-9H2,1-3H3. The van der Waals surface area contributed by atoms with E-state index >= 15 is 0 Å². The first-order chi connectivity index (χ1) is 10.6. The van der Waals surface area contributed by atoms with Crippen molar-refractivity contribution >= 4 is 17.0 Å². The summed E-state index contributed by atoms with van der Waals surface area (Å²) in [5, 5.41) is 4.73. The third-order valence-electron chi connectivity index (χ3n) is 4.71. The maximum Gasteiger partial charge on any atom is 0.258 e. The molecular formula is C17H23N3O2. The average Bonchev–Trinajstić information content (AvgIpc) is 2.94. The van der Waals surface area contributed by atoms with Gasteiger partial charge in [-0.2, -0.15) is 0 Å². The normalized spacial score (nSPS) is 16.1. The summed E-state index contributed by atoms with van der Waals surface area (Å²) in [6.45, 7) is 3.88. The fourth-order valence-corrected chi connectivity index (χ4v) is 3.32. The lowest BCUT2D eigenvalue weighted by Gasteiger charge is -2.31. The third-order valence-corrected chi connectivity index (χ3v) is 4.71. The van der Waals surface area contributed by atoms with Crippen LogP contribution in [0, 0.1) is 6.92 Å². The molecule has 0 saturated heterocycles. The Balaban J connectivity index is 2.00. The summed E-state index contributed by atoms with van der Waals surface area (Å²) in [6, 6.07) is 2.24. The molecule has 118 valence electrons. The second kappa shape index (κ2) is 6.07. The molecule has 0 aliphatic heterocycles. The van der Waals surface area contributed by atoms with Gasteiger partial charge >= 0.3 is 0 Å². The molecule has 0 atom stereocenters. The number of hydrogen-bond donors (Lipinski definition) is 0. The van der Waals surface area contributed by atoms with Crippen LogP contribution in [-0.2, 0) is 6.42 Å². The molecule has 1 aliphatic carbocycles. The number of amides is 1. The van der Waals surface area contributed by atoms with Gasteiger partial charge < -0.3 is 9.42 Å². The summed E-state index contributed by atoms with van der Waals surface area (Å²) < 4.78 is 5.28. The lowest BCUT2D eigenvalue weighted by molar-refractivity contribution is 0.0698. The molecule has 0 spiro atoms. The lowest BCUT2D eigenvalue weighted by Crippen LogP contribution is -2.38. The van der Waals surface area contributed by atoms with E-state index in [1.807, 2.05) is 31.9 Å². The highest BCUT2D eigenvalue weighted by Gasteiger charge is 2.26. The molecule has 5 heteroatoms. The lowest BCUT2D eigenvalue weighted by atomic mass is 9.94. The first kappa shape index (κ1) is 15.0. The molecule has 1 aliphatic rings. The molecule has 0 aromatic carbocycles. The molecule has 3 rings (SSSR count). The molecule has 0 bridgehead atoms.